The fourth-order valence-electron chi connectivity index (χ4n) is 4.16. The van der Waals surface area contributed by atoms with Gasteiger partial charge in [0.2, 0.25) is 5.91 Å². The Morgan fingerprint density at radius 3 is 2.50 bits per heavy atom. The quantitative estimate of drug-likeness (QED) is 0.560. The van der Waals surface area contributed by atoms with Crippen molar-refractivity contribution < 1.29 is 27.9 Å². The average Bonchev–Trinajstić information content (AvgIpc) is 2.88. The molecule has 2 aliphatic heterocycles. The zero-order valence-electron chi connectivity index (χ0n) is 16.5. The van der Waals surface area contributed by atoms with Gasteiger partial charge in [-0.25, -0.2) is 13.2 Å². The number of esters is 1. The lowest BCUT2D eigenvalue weighted by atomic mass is 9.86. The maximum Gasteiger partial charge on any atom is 0.330 e. The summed E-state index contributed by atoms with van der Waals surface area (Å²) in [4.78, 5) is 30.8. The molecule has 2 aliphatic rings. The summed E-state index contributed by atoms with van der Waals surface area (Å²) in [6.07, 6.45) is 0.0700. The van der Waals surface area contributed by atoms with E-state index in [1.54, 1.807) is 36.4 Å². The maximum atomic E-state index is 13.2. The summed E-state index contributed by atoms with van der Waals surface area (Å²) in [5.74, 6) is -2.60. The highest BCUT2D eigenvalue weighted by atomic mass is 32.2. The number of aliphatic hydroxyl groups is 1. The third-order valence-electron chi connectivity index (χ3n) is 5.89. The molecule has 2 aromatic rings. The highest BCUT2D eigenvalue weighted by Crippen LogP contribution is 2.52. The Kier molecular flexibility index (Phi) is 4.90. The van der Waals surface area contributed by atoms with Crippen LogP contribution in [0.4, 0.5) is 0 Å². The van der Waals surface area contributed by atoms with Crippen LogP contribution in [0.2, 0.25) is 0 Å². The first-order valence-corrected chi connectivity index (χ1v) is 11.1. The van der Waals surface area contributed by atoms with Gasteiger partial charge in [-0.3, -0.25) is 9.78 Å². The average molecular weight is 430 g/mol. The smallest absolute Gasteiger partial charge is 0.330 e. The molecular weight excluding hydrogens is 408 g/mol. The van der Waals surface area contributed by atoms with E-state index in [2.05, 4.69) is 4.98 Å². The summed E-state index contributed by atoms with van der Waals surface area (Å²) < 4.78 is 30.2. The summed E-state index contributed by atoms with van der Waals surface area (Å²) in [5, 5.41) is 9.35. The van der Waals surface area contributed by atoms with E-state index in [4.69, 9.17) is 4.74 Å². The van der Waals surface area contributed by atoms with Crippen molar-refractivity contribution >= 4 is 21.7 Å². The number of ether oxygens (including phenoxy) is 1. The van der Waals surface area contributed by atoms with E-state index in [1.807, 2.05) is 6.07 Å². The predicted molar refractivity (Wildman–Crippen MR) is 106 cm³/mol. The first-order valence-electron chi connectivity index (χ1n) is 9.53. The molecule has 1 aromatic heterocycles. The molecule has 0 radical (unpaired) electrons. The van der Waals surface area contributed by atoms with E-state index in [0.29, 0.717) is 0 Å². The Hall–Kier alpha value is -2.78. The van der Waals surface area contributed by atoms with Gasteiger partial charge in [0.15, 0.2) is 9.84 Å². The lowest BCUT2D eigenvalue weighted by Gasteiger charge is -2.44. The largest absolute Gasteiger partial charge is 0.459 e. The summed E-state index contributed by atoms with van der Waals surface area (Å²) in [6, 6.07) is 12.5. The molecule has 0 spiro atoms. The number of hydrogen-bond acceptors (Lipinski definition) is 7. The number of rotatable bonds is 5. The van der Waals surface area contributed by atoms with Gasteiger partial charge >= 0.3 is 5.97 Å². The van der Waals surface area contributed by atoms with Crippen molar-refractivity contribution in [1.29, 1.82) is 0 Å². The Labute approximate surface area is 174 Å². The molecule has 30 heavy (non-hydrogen) atoms. The molecule has 2 saturated heterocycles. The first-order chi connectivity index (χ1) is 14.2. The number of nitrogens with zero attached hydrogens (tertiary/aromatic N) is 2. The molecule has 0 aliphatic carbocycles. The van der Waals surface area contributed by atoms with Crippen LogP contribution in [0.3, 0.4) is 0 Å². The lowest BCUT2D eigenvalue weighted by molar-refractivity contribution is -0.172. The number of β-lactam (4-membered cyclic amide) rings is 1. The summed E-state index contributed by atoms with van der Waals surface area (Å²) in [6.45, 7) is 2.79. The van der Waals surface area contributed by atoms with E-state index in [9.17, 15) is 23.1 Å². The second-order valence-corrected chi connectivity index (χ2v) is 10.6. The number of carbonyl (C=O) groups excluding carboxylic acids is 2. The van der Waals surface area contributed by atoms with Crippen molar-refractivity contribution in [3.8, 4) is 0 Å². The molecule has 1 aromatic carbocycles. The van der Waals surface area contributed by atoms with Crippen molar-refractivity contribution in [3.63, 3.8) is 0 Å². The summed E-state index contributed by atoms with van der Waals surface area (Å²) in [5.41, 5.74) is 0.957. The second-order valence-electron chi connectivity index (χ2n) is 8.01. The Morgan fingerprint density at radius 2 is 1.87 bits per heavy atom. The molecule has 3 heterocycles. The molecular formula is C21H22N2O6S. The van der Waals surface area contributed by atoms with Crippen LogP contribution in [0.1, 0.15) is 31.2 Å². The van der Waals surface area contributed by atoms with Crippen LogP contribution < -0.4 is 0 Å². The number of aromatic nitrogens is 1. The second kappa shape index (κ2) is 7.17. The van der Waals surface area contributed by atoms with E-state index in [-0.39, 0.29) is 12.3 Å². The summed E-state index contributed by atoms with van der Waals surface area (Å²) >= 11 is 0. The topological polar surface area (TPSA) is 114 Å². The Bertz CT molecular complexity index is 1070. The van der Waals surface area contributed by atoms with E-state index >= 15 is 0 Å². The zero-order valence-corrected chi connectivity index (χ0v) is 17.3. The van der Waals surface area contributed by atoms with E-state index < -0.39 is 49.9 Å². The number of carbonyl (C=O) groups is 2. The fourth-order valence-corrected chi connectivity index (χ4v) is 6.48. The monoisotopic (exact) mass is 430 g/mol. The predicted octanol–water partition coefficient (Wildman–Crippen LogP) is 1.22. The van der Waals surface area contributed by atoms with Gasteiger partial charge in [-0.15, -0.1) is 0 Å². The molecule has 4 atom stereocenters. The minimum absolute atomic E-state index is 0.0288. The minimum atomic E-state index is -3.96. The Balaban J connectivity index is 1.60. The van der Waals surface area contributed by atoms with Gasteiger partial charge in [0, 0.05) is 6.20 Å². The van der Waals surface area contributed by atoms with Gasteiger partial charge in [0.1, 0.15) is 30.0 Å². The number of benzene rings is 1. The number of pyridine rings is 1. The van der Waals surface area contributed by atoms with Gasteiger partial charge in [-0.2, -0.15) is 0 Å². The van der Waals surface area contributed by atoms with Crippen molar-refractivity contribution in [2.75, 3.05) is 0 Å². The zero-order chi connectivity index (χ0) is 21.7. The maximum absolute atomic E-state index is 13.2. The normalized spacial score (nSPS) is 27.1. The number of amides is 1. The van der Waals surface area contributed by atoms with E-state index in [0.717, 1.165) is 10.5 Å². The number of sulfone groups is 1. The molecule has 2 fully saturated rings. The number of aliphatic hydroxyl groups excluding tert-OH is 1. The van der Waals surface area contributed by atoms with Crippen molar-refractivity contribution in [2.24, 2.45) is 5.92 Å². The Morgan fingerprint density at radius 1 is 1.20 bits per heavy atom. The van der Waals surface area contributed by atoms with Crippen LogP contribution in [0.15, 0.2) is 54.7 Å². The fraction of sp³-hybridized carbons (Fsp3) is 0.381. The van der Waals surface area contributed by atoms with Crippen LogP contribution in [0, 0.1) is 5.92 Å². The molecule has 1 N–H and O–H groups in total. The van der Waals surface area contributed by atoms with Crippen LogP contribution in [0.25, 0.3) is 0 Å². The van der Waals surface area contributed by atoms with E-state index in [1.165, 1.54) is 26.1 Å². The third-order valence-corrected chi connectivity index (χ3v) is 8.73. The molecule has 1 unspecified atom stereocenters. The molecule has 9 heteroatoms. The SMILES string of the molecule is CC1(C)[C@H](C(=O)OCc2ccccc2)N2C(=O)[C@@H](C(O)c3ccccn3)[C@H]2S1(=O)=O. The van der Waals surface area contributed by atoms with Gasteiger partial charge in [-0.05, 0) is 31.5 Å². The van der Waals surface area contributed by atoms with Gasteiger partial charge in [0.25, 0.3) is 0 Å². The molecule has 8 nitrogen and oxygen atoms in total. The number of fused-ring (bicyclic) bond motifs is 1. The minimum Gasteiger partial charge on any atom is -0.459 e. The third kappa shape index (κ3) is 2.92. The van der Waals surface area contributed by atoms with Crippen molar-refractivity contribution in [3.05, 3.63) is 66.0 Å². The lowest BCUT2D eigenvalue weighted by Crippen LogP contribution is -2.65. The highest BCUT2D eigenvalue weighted by molar-refractivity contribution is 7.93. The van der Waals surface area contributed by atoms with Crippen LogP contribution in [-0.2, 0) is 30.8 Å². The van der Waals surface area contributed by atoms with Crippen LogP contribution in [-0.4, -0.2) is 51.4 Å². The summed E-state index contributed by atoms with van der Waals surface area (Å²) in [7, 11) is -3.96. The van der Waals surface area contributed by atoms with Gasteiger partial charge in [0.05, 0.1) is 10.4 Å². The van der Waals surface area contributed by atoms with Crippen molar-refractivity contribution in [1.82, 2.24) is 9.88 Å². The highest BCUT2D eigenvalue weighted by Gasteiger charge is 2.73. The number of hydrogen-bond donors (Lipinski definition) is 1. The molecule has 158 valence electrons. The van der Waals surface area contributed by atoms with Crippen molar-refractivity contribution in [2.45, 2.75) is 42.7 Å². The van der Waals surface area contributed by atoms with Crippen LogP contribution >= 0.6 is 0 Å². The van der Waals surface area contributed by atoms with Gasteiger partial charge in [-0.1, -0.05) is 36.4 Å². The molecule has 0 saturated carbocycles. The molecule has 0 bridgehead atoms. The van der Waals surface area contributed by atoms with Gasteiger partial charge < -0.3 is 14.7 Å². The van der Waals surface area contributed by atoms with Crippen LogP contribution in [0.5, 0.6) is 0 Å². The molecule has 4 rings (SSSR count). The first kappa shape index (κ1) is 20.5. The standard InChI is InChI=1S/C21H22N2O6S/c1-21(2)17(20(26)29-12-13-8-4-3-5-9-13)23-18(25)15(19(23)30(21,27)28)16(24)14-10-6-7-11-22-14/h3-11,15-17,19,24H,12H2,1-2H3/t15-,16?,17+,19-/m1/s1. The molecule has 1 amide bonds.